The van der Waals surface area contributed by atoms with Crippen molar-refractivity contribution in [2.45, 2.75) is 37.8 Å². The second-order valence-corrected chi connectivity index (χ2v) is 6.47. The van der Waals surface area contributed by atoms with Crippen LogP contribution in [0.3, 0.4) is 0 Å². The lowest BCUT2D eigenvalue weighted by Crippen LogP contribution is -3.07. The number of rotatable bonds is 6. The Morgan fingerprint density at radius 2 is 1.91 bits per heavy atom. The van der Waals surface area contributed by atoms with Crippen LogP contribution in [0.5, 0.6) is 0 Å². The third-order valence-electron chi connectivity index (χ3n) is 4.38. The zero-order valence-electron chi connectivity index (χ0n) is 14.2. The fourth-order valence-electron chi connectivity index (χ4n) is 3.32. The van der Waals surface area contributed by atoms with E-state index in [2.05, 4.69) is 14.1 Å². The van der Waals surface area contributed by atoms with Crippen molar-refractivity contribution in [3.8, 4) is 0 Å². The second-order valence-electron chi connectivity index (χ2n) is 6.47. The van der Waals surface area contributed by atoms with Crippen LogP contribution in [0.1, 0.15) is 24.8 Å². The van der Waals surface area contributed by atoms with Crippen molar-refractivity contribution in [3.05, 3.63) is 35.9 Å². The van der Waals surface area contributed by atoms with Gasteiger partial charge in [0.15, 0.2) is 0 Å². The van der Waals surface area contributed by atoms with Gasteiger partial charge in [-0.3, -0.25) is 4.79 Å². The maximum Gasteiger partial charge on any atom is 0.328 e. The van der Waals surface area contributed by atoms with Gasteiger partial charge in [0, 0.05) is 6.42 Å². The molecule has 5 nitrogen and oxygen atoms in total. The smallest absolute Gasteiger partial charge is 0.328 e. The van der Waals surface area contributed by atoms with Gasteiger partial charge in [-0.2, -0.15) is 0 Å². The number of methoxy groups -OCH3 is 1. The third-order valence-corrected chi connectivity index (χ3v) is 4.38. The van der Waals surface area contributed by atoms with Crippen LogP contribution >= 0.6 is 0 Å². The molecule has 1 aliphatic heterocycles. The van der Waals surface area contributed by atoms with Crippen molar-refractivity contribution >= 4 is 11.9 Å². The highest BCUT2D eigenvalue weighted by Crippen LogP contribution is 2.25. The van der Waals surface area contributed by atoms with Crippen LogP contribution in [-0.4, -0.2) is 56.6 Å². The predicted molar refractivity (Wildman–Crippen MR) is 88.1 cm³/mol. The molecule has 1 fully saturated rings. The minimum Gasteiger partial charge on any atom is -0.467 e. The molecule has 126 valence electrons. The molecular weight excluding hydrogens is 292 g/mol. The second kappa shape index (κ2) is 8.11. The van der Waals surface area contributed by atoms with Crippen LogP contribution in [0, 0.1) is 0 Å². The van der Waals surface area contributed by atoms with E-state index in [9.17, 15) is 9.59 Å². The Balaban J connectivity index is 2.05. The van der Waals surface area contributed by atoms with Gasteiger partial charge >= 0.3 is 5.97 Å². The standard InChI is InChI=1S/C18H26N2O3/c1-19(2)13-15-10-11-16(18(22)23-3)20(15)17(21)12-9-14-7-5-4-6-8-14/h4-8,15-16H,9-13H2,1-3H3/p+1/t15-,16-/m0/s1. The molecule has 0 aliphatic carbocycles. The molecule has 0 unspecified atom stereocenters. The SMILES string of the molecule is COC(=O)[C@@H]1CC[C@@H](C[NH+](C)C)N1C(=O)CCc1ccccc1. The molecule has 0 spiro atoms. The number of hydrogen-bond acceptors (Lipinski definition) is 3. The molecule has 1 aromatic rings. The summed E-state index contributed by atoms with van der Waals surface area (Å²) in [6.07, 6.45) is 2.69. The minimum absolute atomic E-state index is 0.0491. The Bertz CT molecular complexity index is 530. The number of aryl methyl sites for hydroxylation is 1. The van der Waals surface area contributed by atoms with Crippen molar-refractivity contribution in [2.75, 3.05) is 27.7 Å². The van der Waals surface area contributed by atoms with Crippen LogP contribution in [0.2, 0.25) is 0 Å². The van der Waals surface area contributed by atoms with Gasteiger partial charge in [-0.1, -0.05) is 30.3 Å². The minimum atomic E-state index is -0.423. The third kappa shape index (κ3) is 4.55. The monoisotopic (exact) mass is 319 g/mol. The lowest BCUT2D eigenvalue weighted by Gasteiger charge is -2.29. The number of esters is 1. The largest absolute Gasteiger partial charge is 0.467 e. The summed E-state index contributed by atoms with van der Waals surface area (Å²) >= 11 is 0. The lowest BCUT2D eigenvalue weighted by atomic mass is 10.1. The Morgan fingerprint density at radius 3 is 2.52 bits per heavy atom. The number of carbonyl (C=O) groups is 2. The molecule has 5 heteroatoms. The summed E-state index contributed by atoms with van der Waals surface area (Å²) in [5, 5.41) is 0. The normalized spacial score (nSPS) is 20.8. The van der Waals surface area contributed by atoms with Gasteiger partial charge in [-0.25, -0.2) is 4.79 Å². The predicted octanol–water partition coefficient (Wildman–Crippen LogP) is 0.296. The number of nitrogens with zero attached hydrogens (tertiary/aromatic N) is 1. The first-order valence-electron chi connectivity index (χ1n) is 8.25. The maximum absolute atomic E-state index is 12.8. The average Bonchev–Trinajstić information content (AvgIpc) is 2.95. The van der Waals surface area contributed by atoms with E-state index in [1.165, 1.54) is 12.0 Å². The number of nitrogens with one attached hydrogen (secondary N) is 1. The van der Waals surface area contributed by atoms with E-state index in [0.717, 1.165) is 18.5 Å². The first-order valence-corrected chi connectivity index (χ1v) is 8.25. The fraction of sp³-hybridized carbons (Fsp3) is 0.556. The lowest BCUT2D eigenvalue weighted by molar-refractivity contribution is -0.860. The highest BCUT2D eigenvalue weighted by atomic mass is 16.5. The van der Waals surface area contributed by atoms with E-state index in [0.29, 0.717) is 19.3 Å². The summed E-state index contributed by atoms with van der Waals surface area (Å²) in [5.41, 5.74) is 1.14. The first-order chi connectivity index (χ1) is 11.0. The molecule has 1 aromatic carbocycles. The summed E-state index contributed by atoms with van der Waals surface area (Å²) in [6.45, 7) is 0.852. The summed E-state index contributed by atoms with van der Waals surface area (Å²) in [5.74, 6) is -0.248. The topological polar surface area (TPSA) is 51.1 Å². The van der Waals surface area contributed by atoms with Crippen molar-refractivity contribution in [1.82, 2.24) is 4.90 Å². The average molecular weight is 319 g/mol. The highest BCUT2D eigenvalue weighted by molar-refractivity contribution is 5.85. The van der Waals surface area contributed by atoms with E-state index < -0.39 is 6.04 Å². The zero-order chi connectivity index (χ0) is 16.8. The Kier molecular flexibility index (Phi) is 6.16. The summed E-state index contributed by atoms with van der Waals surface area (Å²) in [7, 11) is 5.52. The molecule has 0 bridgehead atoms. The molecule has 0 radical (unpaired) electrons. The summed E-state index contributed by atoms with van der Waals surface area (Å²) in [6, 6.07) is 9.66. The molecule has 1 heterocycles. The van der Waals surface area contributed by atoms with Crippen LogP contribution < -0.4 is 4.90 Å². The highest BCUT2D eigenvalue weighted by Gasteiger charge is 2.42. The van der Waals surface area contributed by atoms with Crippen molar-refractivity contribution < 1.29 is 19.2 Å². The van der Waals surface area contributed by atoms with Gasteiger partial charge in [-0.05, 0) is 24.8 Å². The van der Waals surface area contributed by atoms with Crippen LogP contribution in [0.25, 0.3) is 0 Å². The van der Waals surface area contributed by atoms with Crippen molar-refractivity contribution in [3.63, 3.8) is 0 Å². The van der Waals surface area contributed by atoms with Crippen LogP contribution in [0.15, 0.2) is 30.3 Å². The fourth-order valence-corrected chi connectivity index (χ4v) is 3.32. The number of amides is 1. The number of carbonyl (C=O) groups excluding carboxylic acids is 2. The summed E-state index contributed by atoms with van der Waals surface area (Å²) < 4.78 is 4.89. The number of ether oxygens (including phenoxy) is 1. The Morgan fingerprint density at radius 1 is 1.22 bits per heavy atom. The molecule has 1 N–H and O–H groups in total. The number of quaternary nitrogens is 1. The quantitative estimate of drug-likeness (QED) is 0.767. The molecule has 2 atom stereocenters. The van der Waals surface area contributed by atoms with E-state index in [1.807, 2.05) is 30.3 Å². The zero-order valence-corrected chi connectivity index (χ0v) is 14.2. The van der Waals surface area contributed by atoms with Crippen molar-refractivity contribution in [2.24, 2.45) is 0 Å². The molecule has 1 amide bonds. The van der Waals surface area contributed by atoms with Crippen LogP contribution in [0.4, 0.5) is 0 Å². The van der Waals surface area contributed by atoms with E-state index in [4.69, 9.17) is 4.74 Å². The molecule has 0 aromatic heterocycles. The molecular formula is C18H27N2O3+. The van der Waals surface area contributed by atoms with Gasteiger partial charge in [0.2, 0.25) is 5.91 Å². The number of benzene rings is 1. The maximum atomic E-state index is 12.8. The molecule has 23 heavy (non-hydrogen) atoms. The van der Waals surface area contributed by atoms with Crippen molar-refractivity contribution in [1.29, 1.82) is 0 Å². The van der Waals surface area contributed by atoms with Crippen LogP contribution in [-0.2, 0) is 20.7 Å². The van der Waals surface area contributed by atoms with Gasteiger partial charge in [0.05, 0.1) is 33.8 Å². The van der Waals surface area contributed by atoms with E-state index in [1.54, 1.807) is 4.90 Å². The number of likely N-dealkylation sites (tertiary alicyclic amines) is 1. The van der Waals surface area contributed by atoms with Gasteiger partial charge in [0.25, 0.3) is 0 Å². The first kappa shape index (κ1) is 17.5. The molecule has 1 saturated heterocycles. The van der Waals surface area contributed by atoms with Gasteiger partial charge < -0.3 is 14.5 Å². The van der Waals surface area contributed by atoms with Gasteiger partial charge in [-0.15, -0.1) is 0 Å². The number of hydrogen-bond donors (Lipinski definition) is 1. The molecule has 0 saturated carbocycles. The molecule has 1 aliphatic rings. The Hall–Kier alpha value is -1.88. The van der Waals surface area contributed by atoms with E-state index in [-0.39, 0.29) is 17.9 Å². The van der Waals surface area contributed by atoms with E-state index >= 15 is 0 Å². The summed E-state index contributed by atoms with van der Waals surface area (Å²) in [4.78, 5) is 27.8. The Labute approximate surface area is 138 Å². The van der Waals surface area contributed by atoms with Gasteiger partial charge in [0.1, 0.15) is 6.04 Å². The number of likely N-dealkylation sites (N-methyl/N-ethyl adjacent to an activating group) is 1. The molecule has 2 rings (SSSR count).